The third kappa shape index (κ3) is 5.17. The maximum atomic E-state index is 5.71. The van der Waals surface area contributed by atoms with Crippen LogP contribution in [0.25, 0.3) is 22.0 Å². The molecule has 39 heavy (non-hydrogen) atoms. The van der Waals surface area contributed by atoms with Gasteiger partial charge in [-0.2, -0.15) is 0 Å². The van der Waals surface area contributed by atoms with Gasteiger partial charge >= 0.3 is 0 Å². The SMILES string of the molecule is COc1ccc(-c2ncc(CN3CCNCC3c3ccccc3OC)c3cc(OC)c(OC)cc23)cc1OC. The van der Waals surface area contributed by atoms with Gasteiger partial charge in [-0.3, -0.25) is 9.88 Å². The molecule has 1 unspecified atom stereocenters. The van der Waals surface area contributed by atoms with Crippen molar-refractivity contribution in [1.82, 2.24) is 15.2 Å². The van der Waals surface area contributed by atoms with Crippen LogP contribution in [0, 0.1) is 0 Å². The van der Waals surface area contributed by atoms with E-state index in [1.165, 1.54) is 5.56 Å². The number of methoxy groups -OCH3 is 5. The minimum Gasteiger partial charge on any atom is -0.496 e. The standard InChI is InChI=1S/C31H35N3O5/c1-35-26-9-7-6-8-22(26)25-18-32-12-13-34(25)19-21-17-33-31(20-10-11-27(36-2)28(14-20)37-3)24-16-30(39-5)29(38-4)15-23(21)24/h6-11,14-17,25,32H,12-13,18-19H2,1-5H3. The first kappa shape index (κ1) is 26.6. The lowest BCUT2D eigenvalue weighted by Gasteiger charge is -2.37. The number of pyridine rings is 1. The molecule has 1 aliphatic rings. The summed E-state index contributed by atoms with van der Waals surface area (Å²) in [6, 6.07) is 18.3. The minimum atomic E-state index is 0.163. The van der Waals surface area contributed by atoms with Gasteiger partial charge in [0.2, 0.25) is 0 Å². The van der Waals surface area contributed by atoms with E-state index in [1.807, 2.05) is 42.6 Å². The number of aromatic nitrogens is 1. The first-order chi connectivity index (χ1) is 19.1. The lowest BCUT2D eigenvalue weighted by atomic mass is 9.97. The molecule has 0 radical (unpaired) electrons. The van der Waals surface area contributed by atoms with Crippen LogP contribution in [-0.4, -0.2) is 65.1 Å². The summed E-state index contributed by atoms with van der Waals surface area (Å²) in [5, 5.41) is 5.58. The van der Waals surface area contributed by atoms with Crippen LogP contribution >= 0.6 is 0 Å². The van der Waals surface area contributed by atoms with Gasteiger partial charge in [-0.25, -0.2) is 0 Å². The lowest BCUT2D eigenvalue weighted by Crippen LogP contribution is -2.45. The number of ether oxygens (including phenoxy) is 5. The molecule has 1 saturated heterocycles. The van der Waals surface area contributed by atoms with Crippen molar-refractivity contribution in [1.29, 1.82) is 0 Å². The van der Waals surface area contributed by atoms with E-state index in [1.54, 1.807) is 35.5 Å². The van der Waals surface area contributed by atoms with Crippen LogP contribution in [0.1, 0.15) is 17.2 Å². The Bertz CT molecular complexity index is 1460. The molecule has 0 aliphatic carbocycles. The zero-order valence-corrected chi connectivity index (χ0v) is 23.1. The van der Waals surface area contributed by atoms with Gasteiger partial charge < -0.3 is 29.0 Å². The molecule has 1 N–H and O–H groups in total. The van der Waals surface area contributed by atoms with E-state index in [-0.39, 0.29) is 6.04 Å². The van der Waals surface area contributed by atoms with Crippen molar-refractivity contribution in [3.8, 4) is 40.0 Å². The van der Waals surface area contributed by atoms with E-state index < -0.39 is 0 Å². The molecule has 0 bridgehead atoms. The number of piperazine rings is 1. The third-order valence-corrected chi connectivity index (χ3v) is 7.36. The Balaban J connectivity index is 1.62. The van der Waals surface area contributed by atoms with Crippen molar-refractivity contribution >= 4 is 10.8 Å². The molecule has 8 nitrogen and oxygen atoms in total. The second kappa shape index (κ2) is 11.8. The average Bonchev–Trinajstić information content (AvgIpc) is 3.00. The summed E-state index contributed by atoms with van der Waals surface area (Å²) in [6.45, 7) is 3.37. The van der Waals surface area contributed by atoms with Crippen molar-refractivity contribution in [2.75, 3.05) is 55.2 Å². The summed E-state index contributed by atoms with van der Waals surface area (Å²) in [4.78, 5) is 7.46. The van der Waals surface area contributed by atoms with Gasteiger partial charge in [0.05, 0.1) is 47.3 Å². The second-order valence-corrected chi connectivity index (χ2v) is 9.39. The molecule has 0 saturated carbocycles. The fourth-order valence-corrected chi connectivity index (χ4v) is 5.36. The molecular weight excluding hydrogens is 494 g/mol. The second-order valence-electron chi connectivity index (χ2n) is 9.39. The number of para-hydroxylation sites is 1. The van der Waals surface area contributed by atoms with Crippen LogP contribution in [0.2, 0.25) is 0 Å². The fraction of sp³-hybridized carbons (Fsp3) is 0.323. The van der Waals surface area contributed by atoms with Gasteiger partial charge in [-0.05, 0) is 47.3 Å². The Morgan fingerprint density at radius 2 is 1.44 bits per heavy atom. The van der Waals surface area contributed by atoms with Crippen molar-refractivity contribution in [3.05, 3.63) is 71.9 Å². The van der Waals surface area contributed by atoms with Gasteiger partial charge in [-0.1, -0.05) is 18.2 Å². The zero-order chi connectivity index (χ0) is 27.4. The number of benzene rings is 3. The average molecular weight is 530 g/mol. The van der Waals surface area contributed by atoms with E-state index in [4.69, 9.17) is 28.7 Å². The van der Waals surface area contributed by atoms with Gasteiger partial charge in [0.25, 0.3) is 0 Å². The highest BCUT2D eigenvalue weighted by atomic mass is 16.5. The van der Waals surface area contributed by atoms with E-state index in [2.05, 4.69) is 28.4 Å². The summed E-state index contributed by atoms with van der Waals surface area (Å²) in [6.07, 6.45) is 1.97. The van der Waals surface area contributed by atoms with Crippen LogP contribution in [0.3, 0.4) is 0 Å². The number of rotatable bonds is 9. The molecule has 1 atom stereocenters. The van der Waals surface area contributed by atoms with Crippen LogP contribution in [-0.2, 0) is 6.54 Å². The van der Waals surface area contributed by atoms with Gasteiger partial charge in [0, 0.05) is 48.9 Å². The van der Waals surface area contributed by atoms with Crippen molar-refractivity contribution in [2.45, 2.75) is 12.6 Å². The summed E-state index contributed by atoms with van der Waals surface area (Å²) < 4.78 is 28.1. The van der Waals surface area contributed by atoms with E-state index >= 15 is 0 Å². The first-order valence-electron chi connectivity index (χ1n) is 13.0. The first-order valence-corrected chi connectivity index (χ1v) is 13.0. The quantitative estimate of drug-likeness (QED) is 0.321. The molecule has 0 amide bonds. The molecule has 0 spiro atoms. The predicted molar refractivity (Wildman–Crippen MR) is 152 cm³/mol. The van der Waals surface area contributed by atoms with Crippen LogP contribution in [0.15, 0.2) is 60.8 Å². The Morgan fingerprint density at radius 3 is 2.15 bits per heavy atom. The molecule has 5 rings (SSSR count). The largest absolute Gasteiger partial charge is 0.496 e. The normalized spacial score (nSPS) is 15.7. The number of fused-ring (bicyclic) bond motifs is 1. The Hall–Kier alpha value is -4.01. The molecule has 204 valence electrons. The predicted octanol–water partition coefficient (Wildman–Crippen LogP) is 5.09. The summed E-state index contributed by atoms with van der Waals surface area (Å²) in [7, 11) is 8.30. The molecule has 1 fully saturated rings. The summed E-state index contributed by atoms with van der Waals surface area (Å²) >= 11 is 0. The van der Waals surface area contributed by atoms with E-state index in [0.29, 0.717) is 23.0 Å². The third-order valence-electron chi connectivity index (χ3n) is 7.36. The topological polar surface area (TPSA) is 74.3 Å². The monoisotopic (exact) mass is 529 g/mol. The van der Waals surface area contributed by atoms with Crippen molar-refractivity contribution in [2.24, 2.45) is 0 Å². The fourth-order valence-electron chi connectivity index (χ4n) is 5.36. The Kier molecular flexibility index (Phi) is 8.05. The summed E-state index contributed by atoms with van der Waals surface area (Å²) in [5.41, 5.74) is 4.03. The number of nitrogens with zero attached hydrogens (tertiary/aromatic N) is 2. The smallest absolute Gasteiger partial charge is 0.161 e. The van der Waals surface area contributed by atoms with Crippen molar-refractivity contribution < 1.29 is 23.7 Å². The number of hydrogen-bond acceptors (Lipinski definition) is 8. The van der Waals surface area contributed by atoms with Crippen molar-refractivity contribution in [3.63, 3.8) is 0 Å². The maximum absolute atomic E-state index is 5.71. The molecule has 1 aromatic heterocycles. The Morgan fingerprint density at radius 1 is 0.769 bits per heavy atom. The molecule has 3 aromatic carbocycles. The van der Waals surface area contributed by atoms with E-state index in [9.17, 15) is 0 Å². The molecule has 4 aromatic rings. The zero-order valence-electron chi connectivity index (χ0n) is 23.1. The highest BCUT2D eigenvalue weighted by molar-refractivity contribution is 5.98. The van der Waals surface area contributed by atoms with Gasteiger partial charge in [0.1, 0.15) is 5.75 Å². The highest BCUT2D eigenvalue weighted by Gasteiger charge is 2.27. The van der Waals surface area contributed by atoms with Crippen LogP contribution in [0.5, 0.6) is 28.7 Å². The maximum Gasteiger partial charge on any atom is 0.161 e. The van der Waals surface area contributed by atoms with Gasteiger partial charge in [-0.15, -0.1) is 0 Å². The number of hydrogen-bond donors (Lipinski definition) is 1. The van der Waals surface area contributed by atoms with E-state index in [0.717, 1.165) is 59.5 Å². The molecule has 1 aliphatic heterocycles. The number of nitrogens with one attached hydrogen (secondary N) is 1. The molecular formula is C31H35N3O5. The molecule has 2 heterocycles. The lowest BCUT2D eigenvalue weighted by molar-refractivity contribution is 0.151. The summed E-state index contributed by atoms with van der Waals surface area (Å²) in [5.74, 6) is 3.55. The minimum absolute atomic E-state index is 0.163. The Labute approximate surface area is 229 Å². The van der Waals surface area contributed by atoms with Crippen LogP contribution in [0.4, 0.5) is 0 Å². The van der Waals surface area contributed by atoms with Gasteiger partial charge in [0.15, 0.2) is 23.0 Å². The highest BCUT2D eigenvalue weighted by Crippen LogP contribution is 2.40. The molecule has 8 heteroatoms. The van der Waals surface area contributed by atoms with Crippen LogP contribution < -0.4 is 29.0 Å².